The number of carbonyl (C=O) groups excluding carboxylic acids is 1. The number of para-hydroxylation sites is 1. The van der Waals surface area contributed by atoms with Gasteiger partial charge in [-0.15, -0.1) is 0 Å². The predicted octanol–water partition coefficient (Wildman–Crippen LogP) is 5.42. The van der Waals surface area contributed by atoms with Crippen LogP contribution in [0.4, 0.5) is 9.52 Å². The van der Waals surface area contributed by atoms with Gasteiger partial charge in [0.05, 0.1) is 22.5 Å². The lowest BCUT2D eigenvalue weighted by Gasteiger charge is -2.18. The number of rotatable bonds is 4. The van der Waals surface area contributed by atoms with Crippen LogP contribution in [-0.4, -0.2) is 15.9 Å². The molecule has 0 fully saturated rings. The highest BCUT2D eigenvalue weighted by atomic mass is 32.1. The Labute approximate surface area is 169 Å². The number of fused-ring (bicyclic) bond motifs is 2. The summed E-state index contributed by atoms with van der Waals surface area (Å²) in [5.74, 6) is -0.452. The van der Waals surface area contributed by atoms with Crippen molar-refractivity contribution in [3.8, 4) is 0 Å². The molecule has 0 saturated heterocycles. The molecular weight excluding hydrogens is 389 g/mol. The van der Waals surface area contributed by atoms with Crippen molar-refractivity contribution in [2.45, 2.75) is 6.54 Å². The normalized spacial score (nSPS) is 11.2. The van der Waals surface area contributed by atoms with Crippen LogP contribution in [0.1, 0.15) is 16.2 Å². The molecule has 1 amide bonds. The van der Waals surface area contributed by atoms with Gasteiger partial charge in [0.2, 0.25) is 0 Å². The first-order valence-corrected chi connectivity index (χ1v) is 9.75. The van der Waals surface area contributed by atoms with Crippen LogP contribution in [0.2, 0.25) is 0 Å². The molecule has 142 valence electrons. The fraction of sp³-hybridized carbons (Fsp3) is 0.0455. The van der Waals surface area contributed by atoms with Crippen LogP contribution < -0.4 is 4.90 Å². The minimum absolute atomic E-state index is 0.215. The predicted molar refractivity (Wildman–Crippen MR) is 111 cm³/mol. The molecule has 0 atom stereocenters. The van der Waals surface area contributed by atoms with E-state index in [-0.39, 0.29) is 24.0 Å². The van der Waals surface area contributed by atoms with Gasteiger partial charge in [0.15, 0.2) is 10.9 Å². The molecule has 0 aliphatic rings. The van der Waals surface area contributed by atoms with Crippen molar-refractivity contribution in [1.82, 2.24) is 9.97 Å². The van der Waals surface area contributed by atoms with Gasteiger partial charge in [-0.25, -0.2) is 9.37 Å². The summed E-state index contributed by atoms with van der Waals surface area (Å²) in [6.45, 7) is 0.221. The number of pyridine rings is 1. The van der Waals surface area contributed by atoms with Gasteiger partial charge in [0, 0.05) is 11.6 Å². The third kappa shape index (κ3) is 3.36. The second kappa shape index (κ2) is 7.10. The largest absolute Gasteiger partial charge is 0.451 e. The first-order chi connectivity index (χ1) is 14.2. The van der Waals surface area contributed by atoms with Gasteiger partial charge in [-0.3, -0.25) is 14.7 Å². The Morgan fingerprint density at radius 2 is 1.93 bits per heavy atom. The molecule has 3 aromatic heterocycles. The maximum Gasteiger partial charge on any atom is 0.296 e. The summed E-state index contributed by atoms with van der Waals surface area (Å²) in [5, 5.41) is 1.31. The third-order valence-electron chi connectivity index (χ3n) is 4.50. The average molecular weight is 403 g/mol. The van der Waals surface area contributed by atoms with Crippen molar-refractivity contribution in [3.63, 3.8) is 0 Å². The van der Waals surface area contributed by atoms with Crippen molar-refractivity contribution in [3.05, 3.63) is 90.2 Å². The maximum absolute atomic E-state index is 13.6. The van der Waals surface area contributed by atoms with Crippen LogP contribution in [0, 0.1) is 5.82 Å². The smallest absolute Gasteiger partial charge is 0.296 e. The number of aromatic nitrogens is 2. The number of benzene rings is 2. The van der Waals surface area contributed by atoms with E-state index < -0.39 is 0 Å². The maximum atomic E-state index is 13.6. The molecule has 5 aromatic rings. The van der Waals surface area contributed by atoms with Crippen LogP contribution in [0.25, 0.3) is 21.2 Å². The molecule has 0 aliphatic carbocycles. The van der Waals surface area contributed by atoms with Gasteiger partial charge in [0.25, 0.3) is 5.91 Å². The van der Waals surface area contributed by atoms with E-state index in [9.17, 15) is 9.18 Å². The Bertz CT molecular complexity index is 1300. The highest BCUT2D eigenvalue weighted by Crippen LogP contribution is 2.32. The van der Waals surface area contributed by atoms with E-state index in [1.165, 1.54) is 28.4 Å². The Morgan fingerprint density at radius 1 is 1.07 bits per heavy atom. The molecule has 5 rings (SSSR count). The molecule has 0 unspecified atom stereocenters. The molecule has 0 N–H and O–H groups in total. The van der Waals surface area contributed by atoms with Gasteiger partial charge in [-0.1, -0.05) is 35.6 Å². The number of amides is 1. The molecular formula is C22H14FN3O2S. The van der Waals surface area contributed by atoms with Crippen LogP contribution in [0.15, 0.2) is 77.3 Å². The number of furan rings is 1. The highest BCUT2D eigenvalue weighted by molar-refractivity contribution is 7.22. The Balaban J connectivity index is 1.59. The Morgan fingerprint density at radius 3 is 2.76 bits per heavy atom. The molecule has 7 heteroatoms. The fourth-order valence-electron chi connectivity index (χ4n) is 3.10. The van der Waals surface area contributed by atoms with E-state index in [1.54, 1.807) is 18.3 Å². The molecule has 0 aliphatic heterocycles. The number of carbonyl (C=O) groups is 1. The minimum Gasteiger partial charge on any atom is -0.451 e. The van der Waals surface area contributed by atoms with E-state index in [4.69, 9.17) is 4.42 Å². The topological polar surface area (TPSA) is 59.2 Å². The molecule has 3 heterocycles. The summed E-state index contributed by atoms with van der Waals surface area (Å²) < 4.78 is 20.0. The molecule has 5 nitrogen and oxygen atoms in total. The average Bonchev–Trinajstić information content (AvgIpc) is 3.36. The quantitative estimate of drug-likeness (QED) is 0.402. The van der Waals surface area contributed by atoms with E-state index in [1.807, 2.05) is 42.5 Å². The summed E-state index contributed by atoms with van der Waals surface area (Å²) in [6, 6.07) is 19.1. The number of halogens is 1. The van der Waals surface area contributed by atoms with E-state index in [0.29, 0.717) is 26.6 Å². The van der Waals surface area contributed by atoms with Crippen molar-refractivity contribution in [2.75, 3.05) is 4.90 Å². The molecule has 2 aromatic carbocycles. The first kappa shape index (κ1) is 17.5. The summed E-state index contributed by atoms with van der Waals surface area (Å²) in [7, 11) is 0. The number of anilines is 1. The van der Waals surface area contributed by atoms with Crippen LogP contribution in [0.5, 0.6) is 0 Å². The zero-order chi connectivity index (χ0) is 19.8. The monoisotopic (exact) mass is 403 g/mol. The molecule has 0 spiro atoms. The van der Waals surface area contributed by atoms with Gasteiger partial charge < -0.3 is 4.42 Å². The lowest BCUT2D eigenvalue weighted by atomic mass is 10.2. The number of hydrogen-bond acceptors (Lipinski definition) is 5. The standard InChI is InChI=1S/C22H14FN3O2S/c23-15-8-9-17-20(12-15)29-22(25-17)26(13-16-6-3-4-10-24-16)21(27)19-11-14-5-1-2-7-18(14)28-19/h1-12H,13H2. The van der Waals surface area contributed by atoms with Crippen molar-refractivity contribution < 1.29 is 13.6 Å². The zero-order valence-electron chi connectivity index (χ0n) is 15.1. The molecule has 0 saturated carbocycles. The van der Waals surface area contributed by atoms with Gasteiger partial charge >= 0.3 is 0 Å². The van der Waals surface area contributed by atoms with Gasteiger partial charge in [0.1, 0.15) is 11.4 Å². The number of nitrogens with zero attached hydrogens (tertiary/aromatic N) is 3. The SMILES string of the molecule is O=C(c1cc2ccccc2o1)N(Cc1ccccn1)c1nc2ccc(F)cc2s1. The molecule has 0 bridgehead atoms. The lowest BCUT2D eigenvalue weighted by Crippen LogP contribution is -2.30. The number of hydrogen-bond donors (Lipinski definition) is 0. The Hall–Kier alpha value is -3.58. The van der Waals surface area contributed by atoms with E-state index in [2.05, 4.69) is 9.97 Å². The second-order valence-electron chi connectivity index (χ2n) is 6.47. The van der Waals surface area contributed by atoms with Gasteiger partial charge in [-0.2, -0.15) is 0 Å². The second-order valence-corrected chi connectivity index (χ2v) is 7.48. The fourth-order valence-corrected chi connectivity index (χ4v) is 4.09. The first-order valence-electron chi connectivity index (χ1n) is 8.94. The minimum atomic E-state index is -0.340. The van der Waals surface area contributed by atoms with Crippen molar-refractivity contribution in [1.29, 1.82) is 0 Å². The Kier molecular flexibility index (Phi) is 4.29. The summed E-state index contributed by atoms with van der Waals surface area (Å²) >= 11 is 1.25. The number of thiazole rings is 1. The summed E-state index contributed by atoms with van der Waals surface area (Å²) in [5.41, 5.74) is 1.98. The van der Waals surface area contributed by atoms with E-state index >= 15 is 0 Å². The molecule has 0 radical (unpaired) electrons. The van der Waals surface area contributed by atoms with Crippen LogP contribution in [-0.2, 0) is 6.54 Å². The van der Waals surface area contributed by atoms with Crippen molar-refractivity contribution in [2.24, 2.45) is 0 Å². The van der Waals surface area contributed by atoms with E-state index in [0.717, 1.165) is 5.39 Å². The van der Waals surface area contributed by atoms with Crippen LogP contribution in [0.3, 0.4) is 0 Å². The molecule has 29 heavy (non-hydrogen) atoms. The van der Waals surface area contributed by atoms with Crippen LogP contribution >= 0.6 is 11.3 Å². The lowest BCUT2D eigenvalue weighted by molar-refractivity contribution is 0.0960. The van der Waals surface area contributed by atoms with Gasteiger partial charge in [-0.05, 0) is 42.5 Å². The summed E-state index contributed by atoms with van der Waals surface area (Å²) in [6.07, 6.45) is 1.67. The third-order valence-corrected chi connectivity index (χ3v) is 5.54. The zero-order valence-corrected chi connectivity index (χ0v) is 15.9. The highest BCUT2D eigenvalue weighted by Gasteiger charge is 2.25. The van der Waals surface area contributed by atoms with Crippen molar-refractivity contribution >= 4 is 43.6 Å². The summed E-state index contributed by atoms with van der Waals surface area (Å²) in [4.78, 5) is 23.7.